The Labute approximate surface area is 118 Å². The SMILES string of the molecule is CC(C)CCCC(C)NC(N)=NCCCS(C)(=O)=O. The number of guanidine groups is 1. The average molecular weight is 291 g/mol. The van der Waals surface area contributed by atoms with E-state index in [9.17, 15) is 8.42 Å². The van der Waals surface area contributed by atoms with Gasteiger partial charge in [-0.25, -0.2) is 8.42 Å². The minimum atomic E-state index is -2.90. The van der Waals surface area contributed by atoms with Crippen molar-refractivity contribution in [2.45, 2.75) is 52.5 Å². The van der Waals surface area contributed by atoms with Crippen LogP contribution < -0.4 is 11.1 Å². The fourth-order valence-electron chi connectivity index (χ4n) is 1.73. The molecule has 0 heterocycles. The molecule has 0 spiro atoms. The molecule has 0 aliphatic heterocycles. The Balaban J connectivity index is 3.79. The molecule has 0 radical (unpaired) electrons. The van der Waals surface area contributed by atoms with Gasteiger partial charge in [-0.2, -0.15) is 0 Å². The Kier molecular flexibility index (Phi) is 8.80. The Morgan fingerprint density at radius 1 is 1.21 bits per heavy atom. The van der Waals surface area contributed by atoms with Crippen LogP contribution in [0.25, 0.3) is 0 Å². The highest BCUT2D eigenvalue weighted by atomic mass is 32.2. The van der Waals surface area contributed by atoms with Gasteiger partial charge in [-0.05, 0) is 25.7 Å². The van der Waals surface area contributed by atoms with Gasteiger partial charge in [-0.15, -0.1) is 0 Å². The normalized spacial score (nSPS) is 14.7. The van der Waals surface area contributed by atoms with Crippen LogP contribution >= 0.6 is 0 Å². The fourth-order valence-corrected chi connectivity index (χ4v) is 2.38. The van der Waals surface area contributed by atoms with E-state index in [-0.39, 0.29) is 5.75 Å². The van der Waals surface area contributed by atoms with E-state index in [1.165, 1.54) is 19.1 Å². The first-order valence-electron chi connectivity index (χ1n) is 6.95. The highest BCUT2D eigenvalue weighted by Crippen LogP contribution is 2.07. The molecule has 1 unspecified atom stereocenters. The summed E-state index contributed by atoms with van der Waals surface area (Å²) in [5.41, 5.74) is 5.75. The minimum absolute atomic E-state index is 0.160. The fraction of sp³-hybridized carbons (Fsp3) is 0.923. The van der Waals surface area contributed by atoms with Gasteiger partial charge in [0, 0.05) is 18.8 Å². The quantitative estimate of drug-likeness (QED) is 0.383. The molecule has 1 atom stereocenters. The highest BCUT2D eigenvalue weighted by Gasteiger charge is 2.04. The predicted molar refractivity (Wildman–Crippen MR) is 82.1 cm³/mol. The molecule has 0 aromatic rings. The van der Waals surface area contributed by atoms with Gasteiger partial charge in [-0.1, -0.05) is 26.7 Å². The van der Waals surface area contributed by atoms with E-state index in [0.29, 0.717) is 25.0 Å². The van der Waals surface area contributed by atoms with Crippen LogP contribution in [0.4, 0.5) is 0 Å². The molecule has 0 aliphatic rings. The number of nitrogens with zero attached hydrogens (tertiary/aromatic N) is 1. The standard InChI is InChI=1S/C13H29N3O2S/c1-11(2)7-5-8-12(3)16-13(14)15-9-6-10-19(4,17)18/h11-12H,5-10H2,1-4H3,(H3,14,15,16). The van der Waals surface area contributed by atoms with Gasteiger partial charge in [0.05, 0.1) is 5.75 Å². The lowest BCUT2D eigenvalue weighted by Crippen LogP contribution is -2.38. The smallest absolute Gasteiger partial charge is 0.188 e. The third-order valence-electron chi connectivity index (χ3n) is 2.77. The number of hydrogen-bond acceptors (Lipinski definition) is 3. The maximum Gasteiger partial charge on any atom is 0.188 e. The third kappa shape index (κ3) is 13.5. The van der Waals surface area contributed by atoms with E-state index in [2.05, 4.69) is 31.1 Å². The predicted octanol–water partition coefficient (Wildman–Crippen LogP) is 1.54. The van der Waals surface area contributed by atoms with Crippen LogP contribution in [0.5, 0.6) is 0 Å². The molecule has 0 aliphatic carbocycles. The number of rotatable bonds is 9. The van der Waals surface area contributed by atoms with Crippen molar-refractivity contribution in [2.75, 3.05) is 18.6 Å². The van der Waals surface area contributed by atoms with Crippen LogP contribution in [-0.4, -0.2) is 39.0 Å². The lowest BCUT2D eigenvalue weighted by molar-refractivity contribution is 0.493. The van der Waals surface area contributed by atoms with Crippen LogP contribution in [0, 0.1) is 5.92 Å². The molecular formula is C13H29N3O2S. The van der Waals surface area contributed by atoms with Crippen molar-refractivity contribution in [3.8, 4) is 0 Å². The number of nitrogens with two attached hydrogens (primary N) is 1. The first-order valence-corrected chi connectivity index (χ1v) is 9.01. The van der Waals surface area contributed by atoms with Gasteiger partial charge in [0.1, 0.15) is 9.84 Å². The van der Waals surface area contributed by atoms with Crippen molar-refractivity contribution in [1.29, 1.82) is 0 Å². The van der Waals surface area contributed by atoms with Crippen molar-refractivity contribution < 1.29 is 8.42 Å². The molecule has 0 amide bonds. The molecule has 0 fully saturated rings. The van der Waals surface area contributed by atoms with Gasteiger partial charge >= 0.3 is 0 Å². The van der Waals surface area contributed by atoms with Gasteiger partial charge in [0.2, 0.25) is 0 Å². The Hall–Kier alpha value is -0.780. The largest absolute Gasteiger partial charge is 0.370 e. The zero-order valence-electron chi connectivity index (χ0n) is 12.6. The zero-order chi connectivity index (χ0) is 14.9. The third-order valence-corrected chi connectivity index (χ3v) is 3.80. The van der Waals surface area contributed by atoms with E-state index < -0.39 is 9.84 Å². The van der Waals surface area contributed by atoms with Crippen LogP contribution in [0.2, 0.25) is 0 Å². The first-order chi connectivity index (χ1) is 8.70. The van der Waals surface area contributed by atoms with Crippen molar-refractivity contribution in [2.24, 2.45) is 16.6 Å². The van der Waals surface area contributed by atoms with E-state index in [1.807, 2.05) is 0 Å². The molecule has 114 valence electrons. The summed E-state index contributed by atoms with van der Waals surface area (Å²) in [5.74, 6) is 1.30. The minimum Gasteiger partial charge on any atom is -0.370 e. The zero-order valence-corrected chi connectivity index (χ0v) is 13.5. The monoisotopic (exact) mass is 291 g/mol. The van der Waals surface area contributed by atoms with Crippen LogP contribution in [0.3, 0.4) is 0 Å². The number of hydrogen-bond donors (Lipinski definition) is 2. The Morgan fingerprint density at radius 2 is 1.84 bits per heavy atom. The van der Waals surface area contributed by atoms with Gasteiger partial charge in [0.15, 0.2) is 5.96 Å². The van der Waals surface area contributed by atoms with E-state index in [1.54, 1.807) is 0 Å². The summed E-state index contributed by atoms with van der Waals surface area (Å²) in [6, 6.07) is 0.303. The van der Waals surface area contributed by atoms with Crippen LogP contribution in [0.15, 0.2) is 4.99 Å². The summed E-state index contributed by atoms with van der Waals surface area (Å²) < 4.78 is 21.9. The lowest BCUT2D eigenvalue weighted by Gasteiger charge is -2.15. The van der Waals surface area contributed by atoms with Crippen molar-refractivity contribution in [1.82, 2.24) is 5.32 Å². The average Bonchev–Trinajstić information content (AvgIpc) is 2.22. The Morgan fingerprint density at radius 3 is 2.37 bits per heavy atom. The molecule has 3 N–H and O–H groups in total. The summed E-state index contributed by atoms with van der Waals surface area (Å²) in [7, 11) is -2.90. The molecule has 0 bridgehead atoms. The topological polar surface area (TPSA) is 84.5 Å². The highest BCUT2D eigenvalue weighted by molar-refractivity contribution is 7.90. The molecule has 19 heavy (non-hydrogen) atoms. The second-order valence-electron chi connectivity index (χ2n) is 5.62. The van der Waals surface area contributed by atoms with Crippen LogP contribution in [0.1, 0.15) is 46.5 Å². The number of aliphatic imine (C=N–C) groups is 1. The second-order valence-corrected chi connectivity index (χ2v) is 7.88. The van der Waals surface area contributed by atoms with E-state index in [4.69, 9.17) is 5.73 Å². The molecule has 0 aromatic heterocycles. The van der Waals surface area contributed by atoms with Crippen LogP contribution in [-0.2, 0) is 9.84 Å². The van der Waals surface area contributed by atoms with Gasteiger partial charge in [0.25, 0.3) is 0 Å². The van der Waals surface area contributed by atoms with E-state index >= 15 is 0 Å². The summed E-state index contributed by atoms with van der Waals surface area (Å²) in [4.78, 5) is 4.13. The summed E-state index contributed by atoms with van der Waals surface area (Å²) >= 11 is 0. The number of nitrogens with one attached hydrogen (secondary N) is 1. The first kappa shape index (κ1) is 18.2. The van der Waals surface area contributed by atoms with Gasteiger partial charge in [-0.3, -0.25) is 4.99 Å². The molecule has 0 saturated carbocycles. The summed E-state index contributed by atoms with van der Waals surface area (Å²) in [5, 5.41) is 3.13. The maximum atomic E-state index is 10.9. The summed E-state index contributed by atoms with van der Waals surface area (Å²) in [6.45, 7) is 6.97. The second kappa shape index (κ2) is 9.18. The maximum absolute atomic E-state index is 10.9. The van der Waals surface area contributed by atoms with Crippen molar-refractivity contribution >= 4 is 15.8 Å². The molecular weight excluding hydrogens is 262 g/mol. The lowest BCUT2D eigenvalue weighted by atomic mass is 10.0. The Bertz CT molecular complexity index is 364. The molecule has 0 aromatic carbocycles. The molecule has 0 saturated heterocycles. The molecule has 6 heteroatoms. The molecule has 0 rings (SSSR count). The summed E-state index contributed by atoms with van der Waals surface area (Å²) in [6.07, 6.45) is 5.21. The van der Waals surface area contributed by atoms with Crippen molar-refractivity contribution in [3.05, 3.63) is 0 Å². The molecule has 5 nitrogen and oxygen atoms in total. The van der Waals surface area contributed by atoms with E-state index in [0.717, 1.165) is 12.3 Å². The van der Waals surface area contributed by atoms with Gasteiger partial charge < -0.3 is 11.1 Å². The van der Waals surface area contributed by atoms with Crippen molar-refractivity contribution in [3.63, 3.8) is 0 Å². The number of sulfone groups is 1.